The Morgan fingerprint density at radius 3 is 2.38 bits per heavy atom. The van der Waals surface area contributed by atoms with E-state index in [1.807, 2.05) is 16.7 Å². The van der Waals surface area contributed by atoms with Crippen LogP contribution in [0.4, 0.5) is 25.0 Å². The van der Waals surface area contributed by atoms with Gasteiger partial charge in [0.05, 0.1) is 18.8 Å². The highest BCUT2D eigenvalue weighted by atomic mass is 32.2. The van der Waals surface area contributed by atoms with Crippen LogP contribution in [0.25, 0.3) is 0 Å². The SMILES string of the molecule is CC(=O)NCC1CN(c2cc(F)c(N3CC4CCSCCC4C3)c(F)c2)C(=O)O1. The predicted molar refractivity (Wildman–Crippen MR) is 108 cm³/mol. The zero-order valence-corrected chi connectivity index (χ0v) is 17.1. The summed E-state index contributed by atoms with van der Waals surface area (Å²) in [6, 6.07) is 2.40. The molecule has 3 unspecified atom stereocenters. The number of nitrogens with one attached hydrogen (secondary N) is 1. The highest BCUT2D eigenvalue weighted by Crippen LogP contribution is 2.39. The molecule has 3 heterocycles. The van der Waals surface area contributed by atoms with Crippen molar-refractivity contribution in [3.63, 3.8) is 0 Å². The van der Waals surface area contributed by atoms with E-state index in [1.165, 1.54) is 24.0 Å². The number of nitrogens with zero attached hydrogens (tertiary/aromatic N) is 2. The Kier molecular flexibility index (Phi) is 5.85. The highest BCUT2D eigenvalue weighted by Gasteiger charge is 2.37. The number of carbonyl (C=O) groups excluding carboxylic acids is 2. The summed E-state index contributed by atoms with van der Waals surface area (Å²) in [6.07, 6.45) is 0.943. The maximum atomic E-state index is 14.9. The molecule has 3 saturated heterocycles. The van der Waals surface area contributed by atoms with Gasteiger partial charge in [0.25, 0.3) is 0 Å². The van der Waals surface area contributed by atoms with E-state index in [0.29, 0.717) is 24.9 Å². The number of cyclic esters (lactones) is 1. The Bertz CT molecular complexity index is 772. The van der Waals surface area contributed by atoms with Gasteiger partial charge in [-0.15, -0.1) is 0 Å². The molecule has 29 heavy (non-hydrogen) atoms. The Hall–Kier alpha value is -2.03. The summed E-state index contributed by atoms with van der Waals surface area (Å²) in [6.45, 7) is 3.00. The molecule has 0 radical (unpaired) electrons. The first-order valence-corrected chi connectivity index (χ1v) is 11.1. The molecule has 6 nitrogen and oxygen atoms in total. The molecular formula is C20H25F2N3O3S. The number of halogens is 2. The summed E-state index contributed by atoms with van der Waals surface area (Å²) < 4.78 is 35.0. The monoisotopic (exact) mass is 425 g/mol. The molecule has 0 aromatic heterocycles. The van der Waals surface area contributed by atoms with Crippen molar-refractivity contribution < 1.29 is 23.1 Å². The molecule has 1 N–H and O–H groups in total. The molecule has 0 saturated carbocycles. The van der Waals surface area contributed by atoms with Gasteiger partial charge in [0.15, 0.2) is 11.6 Å². The number of hydrogen-bond donors (Lipinski definition) is 1. The summed E-state index contributed by atoms with van der Waals surface area (Å²) in [5.41, 5.74) is 0.126. The summed E-state index contributed by atoms with van der Waals surface area (Å²) in [4.78, 5) is 26.2. The van der Waals surface area contributed by atoms with Crippen molar-refractivity contribution in [2.24, 2.45) is 11.8 Å². The average molecular weight is 426 g/mol. The van der Waals surface area contributed by atoms with Gasteiger partial charge in [0.2, 0.25) is 5.91 Å². The fourth-order valence-corrected chi connectivity index (χ4v) is 5.60. The lowest BCUT2D eigenvalue weighted by Gasteiger charge is -2.22. The standard InChI is InChI=1S/C20H25F2N3O3S/c1-12(26)23-8-16-11-25(20(27)28-16)15-6-17(21)19(18(22)7-15)24-9-13-2-4-29-5-3-14(13)10-24/h6-7,13-14,16H,2-5,8-11H2,1H3,(H,23,26). The zero-order valence-electron chi connectivity index (χ0n) is 16.3. The minimum absolute atomic E-state index is 0.00293. The number of carbonyl (C=O) groups is 2. The quantitative estimate of drug-likeness (QED) is 0.804. The number of amides is 2. The minimum Gasteiger partial charge on any atom is -0.442 e. The maximum absolute atomic E-state index is 14.9. The summed E-state index contributed by atoms with van der Waals surface area (Å²) in [5.74, 6) is 1.61. The molecule has 3 fully saturated rings. The number of anilines is 2. The summed E-state index contributed by atoms with van der Waals surface area (Å²) >= 11 is 1.96. The number of hydrogen-bond acceptors (Lipinski definition) is 5. The minimum atomic E-state index is -0.673. The molecule has 9 heteroatoms. The fraction of sp³-hybridized carbons (Fsp3) is 0.600. The number of ether oxygens (including phenoxy) is 1. The van der Waals surface area contributed by atoms with E-state index < -0.39 is 23.8 Å². The summed E-state index contributed by atoms with van der Waals surface area (Å²) in [5, 5.41) is 2.58. The third-order valence-corrected chi connectivity index (χ3v) is 6.97. The second-order valence-electron chi connectivity index (χ2n) is 7.93. The lowest BCUT2D eigenvalue weighted by molar-refractivity contribution is -0.119. The van der Waals surface area contributed by atoms with Crippen LogP contribution in [-0.2, 0) is 9.53 Å². The second-order valence-corrected chi connectivity index (χ2v) is 9.15. The largest absolute Gasteiger partial charge is 0.442 e. The molecule has 3 aliphatic heterocycles. The number of fused-ring (bicyclic) bond motifs is 1. The van der Waals surface area contributed by atoms with Crippen molar-refractivity contribution in [3.8, 4) is 0 Å². The lowest BCUT2D eigenvalue weighted by atomic mass is 9.92. The van der Waals surface area contributed by atoms with E-state index in [2.05, 4.69) is 5.32 Å². The molecule has 2 amide bonds. The van der Waals surface area contributed by atoms with Crippen LogP contribution in [0, 0.1) is 23.5 Å². The smallest absolute Gasteiger partial charge is 0.414 e. The van der Waals surface area contributed by atoms with Crippen molar-refractivity contribution in [2.75, 3.05) is 47.5 Å². The van der Waals surface area contributed by atoms with Crippen LogP contribution in [0.2, 0.25) is 0 Å². The predicted octanol–water partition coefficient (Wildman–Crippen LogP) is 3.01. The Morgan fingerprint density at radius 2 is 1.79 bits per heavy atom. The molecule has 4 rings (SSSR count). The molecule has 1 aromatic rings. The van der Waals surface area contributed by atoms with Crippen LogP contribution >= 0.6 is 11.8 Å². The van der Waals surface area contributed by atoms with Gasteiger partial charge in [-0.05, 0) is 36.2 Å². The fourth-order valence-electron chi connectivity index (χ4n) is 4.45. The van der Waals surface area contributed by atoms with Gasteiger partial charge in [-0.3, -0.25) is 9.69 Å². The molecule has 1 aromatic carbocycles. The third-order valence-electron chi connectivity index (χ3n) is 5.92. The second kappa shape index (κ2) is 8.38. The molecule has 3 atom stereocenters. The summed E-state index contributed by atoms with van der Waals surface area (Å²) in [7, 11) is 0. The van der Waals surface area contributed by atoms with Crippen molar-refractivity contribution in [1.82, 2.24) is 5.32 Å². The third kappa shape index (κ3) is 4.29. The molecular weight excluding hydrogens is 400 g/mol. The van der Waals surface area contributed by atoms with E-state index >= 15 is 0 Å². The number of rotatable bonds is 4. The number of benzene rings is 1. The molecule has 158 valence electrons. The van der Waals surface area contributed by atoms with Crippen LogP contribution in [0.15, 0.2) is 12.1 Å². The number of thioether (sulfide) groups is 1. The van der Waals surface area contributed by atoms with E-state index in [9.17, 15) is 18.4 Å². The van der Waals surface area contributed by atoms with Crippen molar-refractivity contribution >= 4 is 35.1 Å². The van der Waals surface area contributed by atoms with Crippen molar-refractivity contribution in [3.05, 3.63) is 23.8 Å². The van der Waals surface area contributed by atoms with Crippen LogP contribution in [-0.4, -0.2) is 55.8 Å². The normalized spacial score (nSPS) is 26.9. The topological polar surface area (TPSA) is 61.9 Å². The molecule has 0 bridgehead atoms. The van der Waals surface area contributed by atoms with E-state index in [-0.39, 0.29) is 30.4 Å². The van der Waals surface area contributed by atoms with Crippen LogP contribution in [0.3, 0.4) is 0 Å². The Morgan fingerprint density at radius 1 is 1.17 bits per heavy atom. The van der Waals surface area contributed by atoms with Crippen LogP contribution in [0.5, 0.6) is 0 Å². The molecule has 0 aliphatic carbocycles. The van der Waals surface area contributed by atoms with Crippen molar-refractivity contribution in [1.29, 1.82) is 0 Å². The van der Waals surface area contributed by atoms with Gasteiger partial charge >= 0.3 is 6.09 Å². The van der Waals surface area contributed by atoms with Gasteiger partial charge in [0.1, 0.15) is 11.8 Å². The Balaban J connectivity index is 1.49. The van der Waals surface area contributed by atoms with Gasteiger partial charge in [0, 0.05) is 32.1 Å². The molecule has 0 spiro atoms. The van der Waals surface area contributed by atoms with E-state index in [0.717, 1.165) is 24.3 Å². The van der Waals surface area contributed by atoms with E-state index in [1.54, 1.807) is 0 Å². The first-order valence-electron chi connectivity index (χ1n) is 9.96. The first kappa shape index (κ1) is 20.3. The van der Waals surface area contributed by atoms with Gasteiger partial charge in [-0.2, -0.15) is 11.8 Å². The molecule has 3 aliphatic rings. The zero-order chi connectivity index (χ0) is 20.5. The van der Waals surface area contributed by atoms with Crippen LogP contribution < -0.4 is 15.1 Å². The van der Waals surface area contributed by atoms with Gasteiger partial charge in [-0.25, -0.2) is 13.6 Å². The van der Waals surface area contributed by atoms with Crippen molar-refractivity contribution in [2.45, 2.75) is 25.9 Å². The van der Waals surface area contributed by atoms with Gasteiger partial charge < -0.3 is 15.0 Å². The highest BCUT2D eigenvalue weighted by molar-refractivity contribution is 7.99. The average Bonchev–Trinajstić information content (AvgIpc) is 3.15. The first-order chi connectivity index (χ1) is 13.9. The van der Waals surface area contributed by atoms with E-state index in [4.69, 9.17) is 4.74 Å². The van der Waals surface area contributed by atoms with Gasteiger partial charge in [-0.1, -0.05) is 0 Å². The Labute approximate surface area is 172 Å². The van der Waals surface area contributed by atoms with Crippen LogP contribution in [0.1, 0.15) is 19.8 Å². The maximum Gasteiger partial charge on any atom is 0.414 e. The lowest BCUT2D eigenvalue weighted by Crippen LogP contribution is -2.33.